The second kappa shape index (κ2) is 9.25. The van der Waals surface area contributed by atoms with Crippen LogP contribution in [0.2, 0.25) is 0 Å². The minimum absolute atomic E-state index is 0.0988. The third kappa shape index (κ3) is 5.58. The van der Waals surface area contributed by atoms with E-state index in [-0.39, 0.29) is 10.8 Å². The van der Waals surface area contributed by atoms with Gasteiger partial charge in [0.1, 0.15) is 0 Å². The highest BCUT2D eigenvalue weighted by Gasteiger charge is 2.15. The Balaban J connectivity index is 1.56. The average Bonchev–Trinajstić information content (AvgIpc) is 2.74. The molecule has 3 aromatic rings. The number of sulfonamides is 1. The van der Waals surface area contributed by atoms with Gasteiger partial charge in [0.25, 0.3) is 15.9 Å². The summed E-state index contributed by atoms with van der Waals surface area (Å²) in [4.78, 5) is 14.5. The first kappa shape index (κ1) is 20.4. The summed E-state index contributed by atoms with van der Waals surface area (Å²) < 4.78 is 27.4. The van der Waals surface area contributed by atoms with Crippen LogP contribution in [-0.4, -0.2) is 34.5 Å². The monoisotopic (exact) mass is 409 g/mol. The molecule has 0 saturated carbocycles. The van der Waals surface area contributed by atoms with Gasteiger partial charge < -0.3 is 10.2 Å². The normalized spacial score (nSPS) is 10.9. The second-order valence-corrected chi connectivity index (χ2v) is 8.19. The zero-order valence-electron chi connectivity index (χ0n) is 16.1. The van der Waals surface area contributed by atoms with E-state index in [1.54, 1.807) is 24.3 Å². The van der Waals surface area contributed by atoms with Gasteiger partial charge in [-0.3, -0.25) is 9.52 Å². The molecule has 150 valence electrons. The summed E-state index contributed by atoms with van der Waals surface area (Å²) >= 11 is 0. The van der Waals surface area contributed by atoms with E-state index < -0.39 is 10.0 Å². The van der Waals surface area contributed by atoms with E-state index in [1.165, 1.54) is 24.3 Å². The Kier molecular flexibility index (Phi) is 6.51. The number of nitrogens with one attached hydrogen (secondary N) is 2. The molecule has 0 aliphatic rings. The van der Waals surface area contributed by atoms with Crippen molar-refractivity contribution in [2.45, 2.75) is 4.90 Å². The molecule has 3 rings (SSSR count). The number of benzene rings is 3. The van der Waals surface area contributed by atoms with E-state index in [1.807, 2.05) is 48.3 Å². The van der Waals surface area contributed by atoms with E-state index in [0.29, 0.717) is 24.3 Å². The minimum atomic E-state index is -3.70. The number of hydrogen-bond acceptors (Lipinski definition) is 4. The average molecular weight is 410 g/mol. The van der Waals surface area contributed by atoms with Crippen LogP contribution in [0.5, 0.6) is 0 Å². The molecular weight excluding hydrogens is 386 g/mol. The zero-order chi connectivity index (χ0) is 20.7. The second-order valence-electron chi connectivity index (χ2n) is 6.51. The Hall–Kier alpha value is -3.32. The highest BCUT2D eigenvalue weighted by molar-refractivity contribution is 7.92. The molecule has 0 saturated heterocycles. The molecule has 0 aliphatic carbocycles. The van der Waals surface area contributed by atoms with Gasteiger partial charge in [-0.2, -0.15) is 0 Å². The van der Waals surface area contributed by atoms with Crippen LogP contribution in [0.15, 0.2) is 89.8 Å². The van der Waals surface area contributed by atoms with Crippen molar-refractivity contribution in [2.24, 2.45) is 0 Å². The van der Waals surface area contributed by atoms with Gasteiger partial charge in [0.05, 0.1) is 4.90 Å². The minimum Gasteiger partial charge on any atom is -0.373 e. The van der Waals surface area contributed by atoms with Crippen LogP contribution in [0.4, 0.5) is 11.4 Å². The number of hydrogen-bond donors (Lipinski definition) is 2. The molecule has 1 amide bonds. The predicted molar refractivity (Wildman–Crippen MR) is 116 cm³/mol. The SMILES string of the molecule is CN(CCNC(=O)c1ccc(S(=O)(=O)Nc2ccccc2)cc1)c1ccccc1. The van der Waals surface area contributed by atoms with Gasteiger partial charge in [-0.25, -0.2) is 8.42 Å². The molecule has 0 heterocycles. The van der Waals surface area contributed by atoms with Gasteiger partial charge in [0.15, 0.2) is 0 Å². The first-order valence-electron chi connectivity index (χ1n) is 9.18. The molecular formula is C22H23N3O3S. The smallest absolute Gasteiger partial charge is 0.261 e. The molecule has 7 heteroatoms. The Labute approximate surface area is 171 Å². The highest BCUT2D eigenvalue weighted by Crippen LogP contribution is 2.16. The molecule has 0 atom stereocenters. The number of nitrogens with zero attached hydrogens (tertiary/aromatic N) is 1. The standard InChI is InChI=1S/C22H23N3O3S/c1-25(20-10-6-3-7-11-20)17-16-23-22(26)18-12-14-21(15-13-18)29(27,28)24-19-8-4-2-5-9-19/h2-15,24H,16-17H2,1H3,(H,23,26). The number of para-hydroxylation sites is 2. The van der Waals surface area contributed by atoms with Gasteiger partial charge in [-0.05, 0) is 48.5 Å². The number of rotatable bonds is 8. The number of likely N-dealkylation sites (N-methyl/N-ethyl adjacent to an activating group) is 1. The summed E-state index contributed by atoms with van der Waals surface area (Å²) in [5, 5.41) is 2.85. The maximum atomic E-state index is 12.4. The van der Waals surface area contributed by atoms with Gasteiger partial charge in [-0.1, -0.05) is 36.4 Å². The van der Waals surface area contributed by atoms with E-state index in [2.05, 4.69) is 10.0 Å². The third-order valence-corrected chi connectivity index (χ3v) is 5.78. The Morgan fingerprint density at radius 1 is 0.862 bits per heavy atom. The van der Waals surface area contributed by atoms with Crippen molar-refractivity contribution in [2.75, 3.05) is 29.8 Å². The molecule has 3 aromatic carbocycles. The largest absolute Gasteiger partial charge is 0.373 e. The summed E-state index contributed by atoms with van der Waals surface area (Å²) in [7, 11) is -1.74. The molecule has 0 bridgehead atoms. The van der Waals surface area contributed by atoms with Gasteiger partial charge >= 0.3 is 0 Å². The van der Waals surface area contributed by atoms with Gasteiger partial charge in [-0.15, -0.1) is 0 Å². The quantitative estimate of drug-likeness (QED) is 0.598. The Morgan fingerprint density at radius 2 is 1.45 bits per heavy atom. The van der Waals surface area contributed by atoms with E-state index in [0.717, 1.165) is 5.69 Å². The molecule has 0 aromatic heterocycles. The molecule has 2 N–H and O–H groups in total. The fourth-order valence-corrected chi connectivity index (χ4v) is 3.82. The molecule has 29 heavy (non-hydrogen) atoms. The van der Waals surface area contributed by atoms with Crippen molar-refractivity contribution in [3.05, 3.63) is 90.5 Å². The third-order valence-electron chi connectivity index (χ3n) is 4.38. The van der Waals surface area contributed by atoms with Crippen LogP contribution in [0.1, 0.15) is 10.4 Å². The molecule has 0 aliphatic heterocycles. The molecule has 0 unspecified atom stereocenters. The van der Waals surface area contributed by atoms with Crippen LogP contribution >= 0.6 is 0 Å². The van der Waals surface area contributed by atoms with Crippen molar-refractivity contribution < 1.29 is 13.2 Å². The lowest BCUT2D eigenvalue weighted by Gasteiger charge is -2.19. The number of anilines is 2. The molecule has 0 spiro atoms. The Bertz CT molecular complexity index is 1040. The molecule has 0 fully saturated rings. The van der Waals surface area contributed by atoms with Crippen molar-refractivity contribution in [1.82, 2.24) is 5.32 Å². The fraction of sp³-hybridized carbons (Fsp3) is 0.136. The summed E-state index contributed by atoms with van der Waals surface area (Å²) in [6, 6.07) is 24.4. The van der Waals surface area contributed by atoms with Crippen LogP contribution in [0.25, 0.3) is 0 Å². The predicted octanol–water partition coefficient (Wildman–Crippen LogP) is 3.35. The van der Waals surface area contributed by atoms with Crippen LogP contribution in [0, 0.1) is 0 Å². The lowest BCUT2D eigenvalue weighted by atomic mass is 10.2. The topological polar surface area (TPSA) is 78.5 Å². The van der Waals surface area contributed by atoms with Gasteiger partial charge in [0, 0.05) is 37.1 Å². The van der Waals surface area contributed by atoms with Crippen LogP contribution in [-0.2, 0) is 10.0 Å². The Morgan fingerprint density at radius 3 is 2.07 bits per heavy atom. The number of carbonyl (C=O) groups excluding carboxylic acids is 1. The van der Waals surface area contributed by atoms with Crippen molar-refractivity contribution >= 4 is 27.3 Å². The summed E-state index contributed by atoms with van der Waals surface area (Å²) in [6.07, 6.45) is 0. The zero-order valence-corrected chi connectivity index (χ0v) is 16.9. The fourth-order valence-electron chi connectivity index (χ4n) is 2.76. The first-order valence-corrected chi connectivity index (χ1v) is 10.7. The molecule has 0 radical (unpaired) electrons. The lowest BCUT2D eigenvalue weighted by molar-refractivity contribution is 0.0954. The summed E-state index contributed by atoms with van der Waals surface area (Å²) in [5.74, 6) is -0.244. The van der Waals surface area contributed by atoms with Crippen LogP contribution in [0.3, 0.4) is 0 Å². The number of carbonyl (C=O) groups is 1. The van der Waals surface area contributed by atoms with Crippen molar-refractivity contribution in [3.63, 3.8) is 0 Å². The maximum absolute atomic E-state index is 12.4. The van der Waals surface area contributed by atoms with Crippen molar-refractivity contribution in [3.8, 4) is 0 Å². The summed E-state index contributed by atoms with van der Waals surface area (Å²) in [6.45, 7) is 1.13. The van der Waals surface area contributed by atoms with Crippen LogP contribution < -0.4 is 14.9 Å². The van der Waals surface area contributed by atoms with Gasteiger partial charge in [0.2, 0.25) is 0 Å². The molecule has 6 nitrogen and oxygen atoms in total. The van der Waals surface area contributed by atoms with E-state index in [9.17, 15) is 13.2 Å². The number of amides is 1. The maximum Gasteiger partial charge on any atom is 0.261 e. The van der Waals surface area contributed by atoms with E-state index >= 15 is 0 Å². The van der Waals surface area contributed by atoms with Crippen molar-refractivity contribution in [1.29, 1.82) is 0 Å². The first-order chi connectivity index (χ1) is 14.0. The summed E-state index contributed by atoms with van der Waals surface area (Å²) in [5.41, 5.74) is 1.96. The lowest BCUT2D eigenvalue weighted by Crippen LogP contribution is -2.33. The highest BCUT2D eigenvalue weighted by atomic mass is 32.2. The van der Waals surface area contributed by atoms with E-state index in [4.69, 9.17) is 0 Å².